The summed E-state index contributed by atoms with van der Waals surface area (Å²) in [4.78, 5) is 0. The third-order valence-corrected chi connectivity index (χ3v) is 4.33. The number of aromatic nitrogens is 2. The van der Waals surface area contributed by atoms with Crippen LogP contribution < -0.4 is 0 Å². The molecule has 19 heavy (non-hydrogen) atoms. The maximum absolute atomic E-state index is 10.2. The van der Waals surface area contributed by atoms with Crippen LogP contribution in [0.4, 0.5) is 0 Å². The number of aliphatic hydroxyl groups is 1. The van der Waals surface area contributed by atoms with E-state index in [0.717, 1.165) is 28.7 Å². The molecule has 3 nitrogen and oxygen atoms in total. The molecule has 102 valence electrons. The lowest BCUT2D eigenvalue weighted by molar-refractivity contribution is 0.162. The van der Waals surface area contributed by atoms with Crippen LogP contribution in [0.15, 0.2) is 34.8 Å². The number of rotatable bonds is 5. The minimum atomic E-state index is -0.341. The first-order valence-corrected chi connectivity index (χ1v) is 7.27. The van der Waals surface area contributed by atoms with Gasteiger partial charge in [0.05, 0.1) is 22.0 Å². The number of aliphatic hydroxyl groups excluding tert-OH is 1. The topological polar surface area (TPSA) is 38.0 Å². The highest BCUT2D eigenvalue weighted by Gasteiger charge is 2.14. The van der Waals surface area contributed by atoms with Crippen molar-refractivity contribution in [2.45, 2.75) is 32.3 Å². The smallest absolute Gasteiger partial charge is 0.0738 e. The molecule has 1 unspecified atom stereocenters. The van der Waals surface area contributed by atoms with Gasteiger partial charge in [0.1, 0.15) is 0 Å². The average Bonchev–Trinajstić information content (AvgIpc) is 2.64. The van der Waals surface area contributed by atoms with Gasteiger partial charge in [-0.15, -0.1) is 0 Å². The van der Waals surface area contributed by atoms with Gasteiger partial charge in [0.25, 0.3) is 0 Å². The second kappa shape index (κ2) is 6.35. The van der Waals surface area contributed by atoms with E-state index in [9.17, 15) is 5.11 Å². The zero-order valence-electron chi connectivity index (χ0n) is 11.3. The number of halogens is 1. The highest BCUT2D eigenvalue weighted by Crippen LogP contribution is 2.22. The summed E-state index contributed by atoms with van der Waals surface area (Å²) in [5, 5.41) is 14.5. The predicted molar refractivity (Wildman–Crippen MR) is 80.1 cm³/mol. The summed E-state index contributed by atoms with van der Waals surface area (Å²) in [6.45, 7) is 1.96. The number of nitrogens with zero attached hydrogens (tertiary/aromatic N) is 2. The maximum Gasteiger partial charge on any atom is 0.0738 e. The zero-order chi connectivity index (χ0) is 13.8. The van der Waals surface area contributed by atoms with Gasteiger partial charge in [0, 0.05) is 13.5 Å². The monoisotopic (exact) mass is 322 g/mol. The highest BCUT2D eigenvalue weighted by atomic mass is 79.9. The molecule has 1 heterocycles. The molecule has 0 saturated heterocycles. The highest BCUT2D eigenvalue weighted by molar-refractivity contribution is 9.10. The lowest BCUT2D eigenvalue weighted by atomic mass is 10.0. The fourth-order valence-electron chi connectivity index (χ4n) is 2.21. The van der Waals surface area contributed by atoms with Crippen molar-refractivity contribution in [1.29, 1.82) is 0 Å². The van der Waals surface area contributed by atoms with Crippen LogP contribution in [-0.2, 0) is 19.9 Å². The Hall–Kier alpha value is -1.13. The molecule has 1 aromatic heterocycles. The van der Waals surface area contributed by atoms with Crippen molar-refractivity contribution in [3.63, 3.8) is 0 Å². The van der Waals surface area contributed by atoms with Crippen molar-refractivity contribution < 1.29 is 5.11 Å². The number of hydrogen-bond acceptors (Lipinski definition) is 2. The van der Waals surface area contributed by atoms with Crippen molar-refractivity contribution in [2.75, 3.05) is 0 Å². The molecule has 0 aliphatic rings. The van der Waals surface area contributed by atoms with E-state index in [0.29, 0.717) is 6.42 Å². The Kier molecular flexibility index (Phi) is 4.77. The maximum atomic E-state index is 10.2. The average molecular weight is 323 g/mol. The van der Waals surface area contributed by atoms with Gasteiger partial charge in [-0.25, -0.2) is 0 Å². The Labute approximate surface area is 122 Å². The Morgan fingerprint density at radius 2 is 2.00 bits per heavy atom. The quantitative estimate of drug-likeness (QED) is 0.918. The van der Waals surface area contributed by atoms with Crippen LogP contribution in [0, 0.1) is 6.92 Å². The van der Waals surface area contributed by atoms with Gasteiger partial charge in [-0.3, -0.25) is 4.68 Å². The molecule has 1 aromatic carbocycles. The molecule has 2 aromatic rings. The SMILES string of the molecule is Cc1nn(C)c(CC(O)CCc2ccccc2)c1Br. The molecule has 0 fully saturated rings. The summed E-state index contributed by atoms with van der Waals surface area (Å²) in [5.74, 6) is 0. The largest absolute Gasteiger partial charge is 0.393 e. The summed E-state index contributed by atoms with van der Waals surface area (Å²) in [5.41, 5.74) is 3.28. The van der Waals surface area contributed by atoms with Crippen LogP contribution in [0.3, 0.4) is 0 Å². The lowest BCUT2D eigenvalue weighted by Gasteiger charge is -2.11. The second-order valence-electron chi connectivity index (χ2n) is 4.85. The van der Waals surface area contributed by atoms with Crippen molar-refractivity contribution in [1.82, 2.24) is 9.78 Å². The number of aryl methyl sites for hydroxylation is 3. The van der Waals surface area contributed by atoms with Crippen LogP contribution in [0.2, 0.25) is 0 Å². The van der Waals surface area contributed by atoms with Crippen LogP contribution in [0.1, 0.15) is 23.4 Å². The number of hydrogen-bond donors (Lipinski definition) is 1. The van der Waals surface area contributed by atoms with Gasteiger partial charge in [-0.05, 0) is 41.3 Å². The fraction of sp³-hybridized carbons (Fsp3) is 0.400. The standard InChI is InChI=1S/C15H19BrN2O/c1-11-15(16)14(18(2)17-11)10-13(19)9-8-12-6-4-3-5-7-12/h3-7,13,19H,8-10H2,1-2H3. The van der Waals surface area contributed by atoms with E-state index in [-0.39, 0.29) is 6.10 Å². The van der Waals surface area contributed by atoms with Gasteiger partial charge < -0.3 is 5.11 Å². The third kappa shape index (κ3) is 3.67. The molecule has 0 bridgehead atoms. The Balaban J connectivity index is 1.92. The normalized spacial score (nSPS) is 12.6. The third-order valence-electron chi connectivity index (χ3n) is 3.30. The second-order valence-corrected chi connectivity index (χ2v) is 5.64. The molecule has 0 amide bonds. The first-order valence-electron chi connectivity index (χ1n) is 6.48. The summed E-state index contributed by atoms with van der Waals surface area (Å²) in [7, 11) is 1.91. The molecule has 1 N–H and O–H groups in total. The predicted octanol–water partition coefficient (Wildman–Crippen LogP) is 3.03. The molecule has 0 aliphatic heterocycles. The van der Waals surface area contributed by atoms with E-state index in [1.165, 1.54) is 5.56 Å². The first-order chi connectivity index (χ1) is 9.08. The summed E-state index contributed by atoms with van der Waals surface area (Å²) in [6, 6.07) is 10.3. The Morgan fingerprint density at radius 3 is 2.58 bits per heavy atom. The van der Waals surface area contributed by atoms with Gasteiger partial charge in [0.2, 0.25) is 0 Å². The van der Waals surface area contributed by atoms with Crippen LogP contribution in [0.5, 0.6) is 0 Å². The first kappa shape index (κ1) is 14.3. The summed E-state index contributed by atoms with van der Waals surface area (Å²) in [6.07, 6.45) is 1.95. The van der Waals surface area contributed by atoms with Crippen LogP contribution >= 0.6 is 15.9 Å². The molecule has 0 spiro atoms. The Morgan fingerprint density at radius 1 is 1.32 bits per heavy atom. The van der Waals surface area contributed by atoms with E-state index in [1.807, 2.05) is 36.9 Å². The van der Waals surface area contributed by atoms with E-state index in [2.05, 4.69) is 33.2 Å². The van der Waals surface area contributed by atoms with E-state index >= 15 is 0 Å². The minimum absolute atomic E-state index is 0.341. The molecule has 0 radical (unpaired) electrons. The zero-order valence-corrected chi connectivity index (χ0v) is 12.9. The molecule has 2 rings (SSSR count). The van der Waals surface area contributed by atoms with Crippen molar-refractivity contribution in [3.8, 4) is 0 Å². The van der Waals surface area contributed by atoms with Gasteiger partial charge in [-0.1, -0.05) is 30.3 Å². The van der Waals surface area contributed by atoms with E-state index in [4.69, 9.17) is 0 Å². The van der Waals surface area contributed by atoms with Gasteiger partial charge >= 0.3 is 0 Å². The van der Waals surface area contributed by atoms with Crippen LogP contribution in [-0.4, -0.2) is 21.0 Å². The van der Waals surface area contributed by atoms with Gasteiger partial charge in [-0.2, -0.15) is 5.10 Å². The van der Waals surface area contributed by atoms with Crippen molar-refractivity contribution in [3.05, 3.63) is 51.8 Å². The minimum Gasteiger partial charge on any atom is -0.393 e. The van der Waals surface area contributed by atoms with Crippen molar-refractivity contribution in [2.24, 2.45) is 7.05 Å². The Bertz CT molecular complexity index is 537. The van der Waals surface area contributed by atoms with Crippen molar-refractivity contribution >= 4 is 15.9 Å². The van der Waals surface area contributed by atoms with Gasteiger partial charge in [0.15, 0.2) is 0 Å². The number of benzene rings is 1. The summed E-state index contributed by atoms with van der Waals surface area (Å²) >= 11 is 3.53. The molecule has 0 saturated carbocycles. The van der Waals surface area contributed by atoms with E-state index < -0.39 is 0 Å². The molecule has 4 heteroatoms. The molecule has 1 atom stereocenters. The molecular weight excluding hydrogens is 304 g/mol. The molecular formula is C15H19BrN2O. The van der Waals surface area contributed by atoms with Crippen LogP contribution in [0.25, 0.3) is 0 Å². The molecule has 0 aliphatic carbocycles. The lowest BCUT2D eigenvalue weighted by Crippen LogP contribution is -2.14. The fourth-order valence-corrected chi connectivity index (χ4v) is 2.70. The van der Waals surface area contributed by atoms with E-state index in [1.54, 1.807) is 0 Å². The summed E-state index contributed by atoms with van der Waals surface area (Å²) < 4.78 is 2.85.